The van der Waals surface area contributed by atoms with E-state index < -0.39 is 35.1 Å². The maximum absolute atomic E-state index is 16.2. The van der Waals surface area contributed by atoms with Crippen LogP contribution in [-0.2, 0) is 28.7 Å². The average Bonchev–Trinajstić information content (AvgIpc) is 3.83. The van der Waals surface area contributed by atoms with Gasteiger partial charge in [-0.25, -0.2) is 13.6 Å². The normalized spacial score (nSPS) is 22.1. The van der Waals surface area contributed by atoms with Crippen LogP contribution < -0.4 is 36.1 Å². The zero-order valence-corrected chi connectivity index (χ0v) is 40.0. The van der Waals surface area contributed by atoms with Crippen LogP contribution in [-0.4, -0.2) is 90.9 Å². The van der Waals surface area contributed by atoms with Crippen LogP contribution in [0.15, 0.2) is 66.7 Å². The predicted molar refractivity (Wildman–Crippen MR) is 259 cm³/mol. The van der Waals surface area contributed by atoms with Gasteiger partial charge in [0.25, 0.3) is 0 Å². The Morgan fingerprint density at radius 2 is 1.74 bits per heavy atom. The number of primary amides is 1. The van der Waals surface area contributed by atoms with Crippen molar-refractivity contribution in [2.45, 2.75) is 82.3 Å². The van der Waals surface area contributed by atoms with Crippen molar-refractivity contribution in [3.05, 3.63) is 106 Å². The number of methoxy groups -OCH3 is 1. The highest BCUT2D eigenvalue weighted by atomic mass is 35.5. The minimum absolute atomic E-state index is 0.00586. The molecule has 1 aromatic heterocycles. The summed E-state index contributed by atoms with van der Waals surface area (Å²) in [6.07, 6.45) is 7.17. The maximum Gasteiger partial charge on any atom is 0.329 e. The van der Waals surface area contributed by atoms with Crippen molar-refractivity contribution in [2.24, 2.45) is 24.6 Å². The lowest BCUT2D eigenvalue weighted by Crippen LogP contribution is -2.49. The van der Waals surface area contributed by atoms with Crippen molar-refractivity contribution in [3.63, 3.8) is 0 Å². The number of carbonyl (C=O) groups excluding carboxylic acids is 4. The number of fused-ring (bicyclic) bond motifs is 2. The van der Waals surface area contributed by atoms with E-state index in [0.717, 1.165) is 87.5 Å². The van der Waals surface area contributed by atoms with E-state index in [1.54, 1.807) is 4.90 Å². The van der Waals surface area contributed by atoms with Crippen molar-refractivity contribution in [1.29, 1.82) is 0 Å². The van der Waals surface area contributed by atoms with Gasteiger partial charge in [-0.1, -0.05) is 61.0 Å². The molecule has 14 nitrogen and oxygen atoms in total. The second kappa shape index (κ2) is 20.1. The van der Waals surface area contributed by atoms with Crippen LogP contribution in [0.1, 0.15) is 91.3 Å². The first-order chi connectivity index (χ1) is 33.3. The average molecular weight is 966 g/mol. The van der Waals surface area contributed by atoms with Crippen LogP contribution in [0.4, 0.5) is 19.4 Å². The molecule has 0 unspecified atom stereocenters. The number of rotatable bonds is 15. The van der Waals surface area contributed by atoms with Gasteiger partial charge >= 0.3 is 6.03 Å². The lowest BCUT2D eigenvalue weighted by Gasteiger charge is -2.37. The molecule has 0 bridgehead atoms. The fourth-order valence-electron chi connectivity index (χ4n) is 11.1. The Bertz CT molecular complexity index is 2770. The van der Waals surface area contributed by atoms with Gasteiger partial charge in [0.2, 0.25) is 17.7 Å². The molecule has 0 radical (unpaired) electrons. The van der Waals surface area contributed by atoms with Crippen LogP contribution in [0, 0.1) is 23.5 Å². The Kier molecular flexibility index (Phi) is 14.0. The highest BCUT2D eigenvalue weighted by Gasteiger charge is 2.50. The van der Waals surface area contributed by atoms with Gasteiger partial charge in [0.05, 0.1) is 23.2 Å². The molecule has 3 aliphatic heterocycles. The molecule has 9 rings (SSSR count). The summed E-state index contributed by atoms with van der Waals surface area (Å²) in [4.78, 5) is 54.4. The molecule has 364 valence electrons. The molecule has 3 fully saturated rings. The van der Waals surface area contributed by atoms with Crippen molar-refractivity contribution in [2.75, 3.05) is 51.3 Å². The SMILES string of the molecule is COc1ccc(C(N)=O)c(-c2c(Cl)c(F)cc3c2[C@H](C)[C@@](CNC2CCC(C(=O)NCCCN4CCC(Cc5cccc6c(N7CCC(=O)NC7=O)nn(C)c56)CC4)CC2)(c2ccccc2)O3)c1F. The molecule has 1 aliphatic carbocycles. The topological polar surface area (TPSA) is 173 Å². The third kappa shape index (κ3) is 9.38. The summed E-state index contributed by atoms with van der Waals surface area (Å²) in [5.41, 5.74) is 7.74. The maximum atomic E-state index is 16.2. The number of nitrogens with two attached hydrogens (primary N) is 1. The Morgan fingerprint density at radius 3 is 2.45 bits per heavy atom. The fourth-order valence-corrected chi connectivity index (χ4v) is 11.4. The second-order valence-corrected chi connectivity index (χ2v) is 19.4. The Balaban J connectivity index is 0.764. The van der Waals surface area contributed by atoms with E-state index >= 15 is 8.78 Å². The summed E-state index contributed by atoms with van der Waals surface area (Å²) in [5.74, 6) is -2.27. The van der Waals surface area contributed by atoms with E-state index in [9.17, 15) is 19.2 Å². The highest BCUT2D eigenvalue weighted by molar-refractivity contribution is 6.34. The number of nitrogens with one attached hydrogen (secondary N) is 3. The first-order valence-corrected chi connectivity index (χ1v) is 24.4. The number of para-hydroxylation sites is 1. The lowest BCUT2D eigenvalue weighted by atomic mass is 9.77. The number of aromatic nitrogens is 2. The van der Waals surface area contributed by atoms with Gasteiger partial charge in [-0.2, -0.15) is 5.10 Å². The molecule has 0 spiro atoms. The fraction of sp³-hybridized carbons (Fsp3) is 0.442. The van der Waals surface area contributed by atoms with Crippen LogP contribution in [0.3, 0.4) is 0 Å². The number of amides is 5. The highest BCUT2D eigenvalue weighted by Crippen LogP contribution is 2.56. The Labute approximate surface area is 405 Å². The molecule has 69 heavy (non-hydrogen) atoms. The zero-order chi connectivity index (χ0) is 48.6. The summed E-state index contributed by atoms with van der Waals surface area (Å²) in [5, 5.41) is 14.6. The van der Waals surface area contributed by atoms with Gasteiger partial charge in [-0.3, -0.25) is 29.3 Å². The van der Waals surface area contributed by atoms with Crippen molar-refractivity contribution in [3.8, 4) is 22.6 Å². The zero-order valence-electron chi connectivity index (χ0n) is 39.2. The Hall–Kier alpha value is -6.10. The van der Waals surface area contributed by atoms with Gasteiger partial charge in [0.1, 0.15) is 11.6 Å². The number of aryl methyl sites for hydroxylation is 1. The summed E-state index contributed by atoms with van der Waals surface area (Å²) in [6, 6.07) is 19.3. The number of imide groups is 1. The third-order valence-electron chi connectivity index (χ3n) is 14.9. The largest absolute Gasteiger partial charge is 0.494 e. The number of hydrogen-bond donors (Lipinski definition) is 4. The van der Waals surface area contributed by atoms with E-state index in [2.05, 4.69) is 26.9 Å². The molecular weight excluding hydrogens is 906 g/mol. The number of urea groups is 1. The number of ether oxygens (including phenoxy) is 2. The molecule has 4 heterocycles. The van der Waals surface area contributed by atoms with E-state index in [4.69, 9.17) is 31.9 Å². The monoisotopic (exact) mass is 964 g/mol. The number of anilines is 1. The smallest absolute Gasteiger partial charge is 0.329 e. The van der Waals surface area contributed by atoms with Gasteiger partial charge < -0.3 is 30.7 Å². The van der Waals surface area contributed by atoms with E-state index in [1.165, 1.54) is 30.9 Å². The quantitative estimate of drug-likeness (QED) is 0.0767. The number of nitrogens with zero attached hydrogens (tertiary/aromatic N) is 4. The van der Waals surface area contributed by atoms with Crippen LogP contribution in [0.25, 0.3) is 22.0 Å². The van der Waals surface area contributed by atoms with E-state index in [0.29, 0.717) is 36.9 Å². The van der Waals surface area contributed by atoms with Gasteiger partial charge in [-0.05, 0) is 106 Å². The second-order valence-electron chi connectivity index (χ2n) is 19.0. The molecule has 5 aromatic rings. The molecule has 2 atom stereocenters. The lowest BCUT2D eigenvalue weighted by molar-refractivity contribution is -0.126. The van der Waals surface area contributed by atoms with Crippen LogP contribution in [0.2, 0.25) is 5.02 Å². The first kappa shape index (κ1) is 47.9. The minimum Gasteiger partial charge on any atom is -0.494 e. The summed E-state index contributed by atoms with van der Waals surface area (Å²) in [7, 11) is 3.20. The first-order valence-electron chi connectivity index (χ1n) is 24.0. The molecular formula is C52H59ClF2N8O6. The standard InChI is InChI=1S/C52H59ClF2N8O6/c1-30-42-40(28-38(54)45(53)44(42)43-36(48(56)65)17-18-39(68-3)46(43)55)69-52(30,34-10-5-4-6-11-34)29-58-35-15-13-32(14-16-35)50(66)57-22-8-23-62-24-19-31(20-25-62)27-33-9-7-12-37-47(33)61(2)60-49(37)63-26-21-41(64)59-51(63)67/h4-7,9-12,17-18,28,30-32,35,58H,8,13-16,19-27,29H2,1-3H3,(H2,56,65)(H,57,66)(H,59,64,67)/t30-,32?,35?,52-/m0/s1. The summed E-state index contributed by atoms with van der Waals surface area (Å²) in [6.45, 7) is 6.08. The summed E-state index contributed by atoms with van der Waals surface area (Å²) < 4.78 is 45.8. The number of piperidine rings is 1. The number of halogens is 3. The number of hydrogen-bond acceptors (Lipinski definition) is 9. The van der Waals surface area contributed by atoms with Gasteiger partial charge in [0.15, 0.2) is 23.0 Å². The van der Waals surface area contributed by atoms with Gasteiger partial charge in [0, 0.05) is 79.1 Å². The molecule has 5 N–H and O–H groups in total. The van der Waals surface area contributed by atoms with E-state index in [-0.39, 0.29) is 63.4 Å². The molecule has 4 aliphatic rings. The van der Waals surface area contributed by atoms with Gasteiger partial charge in [-0.15, -0.1) is 0 Å². The van der Waals surface area contributed by atoms with Crippen LogP contribution >= 0.6 is 11.6 Å². The van der Waals surface area contributed by atoms with Crippen molar-refractivity contribution < 1.29 is 37.4 Å². The van der Waals surface area contributed by atoms with Crippen molar-refractivity contribution >= 4 is 52.1 Å². The molecule has 4 aromatic carbocycles. The molecule has 2 saturated heterocycles. The Morgan fingerprint density at radius 1 is 0.986 bits per heavy atom. The van der Waals surface area contributed by atoms with Crippen LogP contribution in [0.5, 0.6) is 11.5 Å². The van der Waals surface area contributed by atoms with E-state index in [1.807, 2.05) is 61.1 Å². The molecule has 1 saturated carbocycles. The molecule has 5 amide bonds. The third-order valence-corrected chi connectivity index (χ3v) is 15.3. The number of benzene rings is 4. The number of likely N-dealkylation sites (tertiary alicyclic amines) is 1. The molecule has 17 heteroatoms. The minimum atomic E-state index is -1.07. The van der Waals surface area contributed by atoms with Crippen molar-refractivity contribution in [1.82, 2.24) is 30.6 Å². The summed E-state index contributed by atoms with van der Waals surface area (Å²) >= 11 is 6.68. The number of carbonyl (C=O) groups is 4. The predicted octanol–water partition coefficient (Wildman–Crippen LogP) is 7.73.